The molecule has 1 atom stereocenters. The summed E-state index contributed by atoms with van der Waals surface area (Å²) in [5, 5.41) is 3.45. The summed E-state index contributed by atoms with van der Waals surface area (Å²) in [5.41, 5.74) is 0.773. The SMILES string of the molecule is CN=C(NCCSCc1ccccc1F)N1CCC(N2CCOCC2)C1. The molecule has 7 heteroatoms. The smallest absolute Gasteiger partial charge is 0.193 e. The van der Waals surface area contributed by atoms with Gasteiger partial charge in [-0.1, -0.05) is 18.2 Å². The van der Waals surface area contributed by atoms with Gasteiger partial charge in [-0.3, -0.25) is 9.89 Å². The van der Waals surface area contributed by atoms with Gasteiger partial charge < -0.3 is 15.0 Å². The predicted molar refractivity (Wildman–Crippen MR) is 106 cm³/mol. The van der Waals surface area contributed by atoms with Gasteiger partial charge in [-0.15, -0.1) is 0 Å². The van der Waals surface area contributed by atoms with Gasteiger partial charge in [0, 0.05) is 57.3 Å². The highest BCUT2D eigenvalue weighted by Gasteiger charge is 2.30. The van der Waals surface area contributed by atoms with E-state index in [2.05, 4.69) is 20.1 Å². The fourth-order valence-electron chi connectivity index (χ4n) is 3.54. The minimum atomic E-state index is -0.116. The van der Waals surface area contributed by atoms with Crippen molar-refractivity contribution in [3.63, 3.8) is 0 Å². The van der Waals surface area contributed by atoms with Gasteiger partial charge in [0.05, 0.1) is 13.2 Å². The van der Waals surface area contributed by atoms with E-state index in [1.807, 2.05) is 19.2 Å². The number of aliphatic imine (C=N–C) groups is 1. The van der Waals surface area contributed by atoms with Crippen LogP contribution in [0.3, 0.4) is 0 Å². The summed E-state index contributed by atoms with van der Waals surface area (Å²) in [6.07, 6.45) is 1.18. The number of thioether (sulfide) groups is 1. The Kier molecular flexibility index (Phi) is 7.58. The van der Waals surface area contributed by atoms with Crippen LogP contribution in [0.15, 0.2) is 29.3 Å². The van der Waals surface area contributed by atoms with Gasteiger partial charge in [-0.2, -0.15) is 11.8 Å². The molecule has 0 saturated carbocycles. The molecule has 2 heterocycles. The van der Waals surface area contributed by atoms with Crippen LogP contribution >= 0.6 is 11.8 Å². The summed E-state index contributed by atoms with van der Waals surface area (Å²) in [6.45, 7) is 6.69. The van der Waals surface area contributed by atoms with E-state index in [1.54, 1.807) is 17.8 Å². The van der Waals surface area contributed by atoms with Crippen molar-refractivity contribution in [2.75, 3.05) is 58.7 Å². The molecule has 1 unspecified atom stereocenters. The second-order valence-electron chi connectivity index (χ2n) is 6.65. The first kappa shape index (κ1) is 19.5. The number of ether oxygens (including phenoxy) is 1. The van der Waals surface area contributed by atoms with E-state index in [-0.39, 0.29) is 5.82 Å². The van der Waals surface area contributed by atoms with Gasteiger partial charge in [0.2, 0.25) is 0 Å². The first-order valence-corrected chi connectivity index (χ1v) is 10.5. The van der Waals surface area contributed by atoms with Gasteiger partial charge in [0.1, 0.15) is 5.82 Å². The van der Waals surface area contributed by atoms with E-state index in [4.69, 9.17) is 4.74 Å². The first-order valence-electron chi connectivity index (χ1n) is 9.36. The summed E-state index contributed by atoms with van der Waals surface area (Å²) in [7, 11) is 1.84. The Bertz CT molecular complexity index is 595. The van der Waals surface area contributed by atoms with E-state index >= 15 is 0 Å². The maximum atomic E-state index is 13.6. The van der Waals surface area contributed by atoms with Gasteiger partial charge in [0.15, 0.2) is 5.96 Å². The predicted octanol–water partition coefficient (Wildman–Crippen LogP) is 2.04. The number of halogens is 1. The number of hydrogen-bond acceptors (Lipinski definition) is 4. The molecule has 26 heavy (non-hydrogen) atoms. The topological polar surface area (TPSA) is 40.1 Å². The van der Waals surface area contributed by atoms with Crippen LogP contribution in [0.1, 0.15) is 12.0 Å². The van der Waals surface area contributed by atoms with Crippen LogP contribution < -0.4 is 5.32 Å². The lowest BCUT2D eigenvalue weighted by atomic mass is 10.2. The molecule has 0 bridgehead atoms. The van der Waals surface area contributed by atoms with E-state index in [0.29, 0.717) is 11.8 Å². The molecule has 1 N–H and O–H groups in total. The molecule has 5 nitrogen and oxygen atoms in total. The Morgan fingerprint density at radius 2 is 2.12 bits per heavy atom. The zero-order valence-electron chi connectivity index (χ0n) is 15.5. The summed E-state index contributed by atoms with van der Waals surface area (Å²) in [5.74, 6) is 2.49. The van der Waals surface area contributed by atoms with Gasteiger partial charge in [-0.25, -0.2) is 4.39 Å². The lowest BCUT2D eigenvalue weighted by molar-refractivity contribution is 0.0195. The van der Waals surface area contributed by atoms with Gasteiger partial charge in [0.25, 0.3) is 0 Å². The highest BCUT2D eigenvalue weighted by atomic mass is 32.2. The molecule has 2 saturated heterocycles. The van der Waals surface area contributed by atoms with Crippen molar-refractivity contribution >= 4 is 17.7 Å². The molecule has 1 aromatic rings. The van der Waals surface area contributed by atoms with Crippen LogP contribution in [0.2, 0.25) is 0 Å². The zero-order valence-corrected chi connectivity index (χ0v) is 16.3. The van der Waals surface area contributed by atoms with Gasteiger partial charge >= 0.3 is 0 Å². The number of hydrogen-bond donors (Lipinski definition) is 1. The van der Waals surface area contributed by atoms with Crippen LogP contribution in [0, 0.1) is 5.82 Å². The Morgan fingerprint density at radius 1 is 1.31 bits per heavy atom. The van der Waals surface area contributed by atoms with Crippen LogP contribution in [0.4, 0.5) is 4.39 Å². The van der Waals surface area contributed by atoms with Crippen LogP contribution in [-0.4, -0.2) is 80.5 Å². The van der Waals surface area contributed by atoms with Crippen LogP contribution in [-0.2, 0) is 10.5 Å². The van der Waals surface area contributed by atoms with Gasteiger partial charge in [-0.05, 0) is 18.1 Å². The molecule has 0 radical (unpaired) electrons. The molecular formula is C19H29FN4OS. The quantitative estimate of drug-likeness (QED) is 0.465. The molecule has 144 valence electrons. The second-order valence-corrected chi connectivity index (χ2v) is 7.76. The maximum absolute atomic E-state index is 13.6. The lowest BCUT2D eigenvalue weighted by Gasteiger charge is -2.32. The van der Waals surface area contributed by atoms with Crippen LogP contribution in [0.25, 0.3) is 0 Å². The van der Waals surface area contributed by atoms with Crippen molar-refractivity contribution in [3.05, 3.63) is 35.6 Å². The summed E-state index contributed by atoms with van der Waals surface area (Å²) in [4.78, 5) is 9.33. The Hall–Kier alpha value is -1.31. The summed E-state index contributed by atoms with van der Waals surface area (Å²) in [6, 6.07) is 7.60. The number of rotatable bonds is 6. The normalized spacial score (nSPS) is 22.0. The molecule has 0 aliphatic carbocycles. The Balaban J connectivity index is 1.36. The molecular weight excluding hydrogens is 351 g/mol. The third kappa shape index (κ3) is 5.34. The highest BCUT2D eigenvalue weighted by Crippen LogP contribution is 2.17. The van der Waals surface area contributed by atoms with E-state index in [0.717, 1.165) is 63.2 Å². The fourth-order valence-corrected chi connectivity index (χ4v) is 4.38. The largest absolute Gasteiger partial charge is 0.379 e. The van der Waals surface area contributed by atoms with E-state index < -0.39 is 0 Å². The number of likely N-dealkylation sites (tertiary alicyclic amines) is 1. The van der Waals surface area contributed by atoms with Crippen LogP contribution in [0.5, 0.6) is 0 Å². The zero-order chi connectivity index (χ0) is 18.2. The Labute approximate surface area is 160 Å². The molecule has 2 aliphatic heterocycles. The van der Waals surface area contributed by atoms with Crippen molar-refractivity contribution in [2.24, 2.45) is 4.99 Å². The highest BCUT2D eigenvalue weighted by molar-refractivity contribution is 7.98. The molecule has 0 amide bonds. The number of nitrogens with one attached hydrogen (secondary N) is 1. The number of guanidine groups is 1. The third-order valence-corrected chi connectivity index (χ3v) is 5.99. The number of benzene rings is 1. The van der Waals surface area contributed by atoms with Crippen molar-refractivity contribution in [2.45, 2.75) is 18.2 Å². The van der Waals surface area contributed by atoms with Crippen molar-refractivity contribution in [1.82, 2.24) is 15.1 Å². The molecule has 3 rings (SSSR count). The molecule has 0 spiro atoms. The average Bonchev–Trinajstić information content (AvgIpc) is 3.17. The van der Waals surface area contributed by atoms with Crippen molar-refractivity contribution in [3.8, 4) is 0 Å². The first-order chi connectivity index (χ1) is 12.8. The Morgan fingerprint density at radius 3 is 2.88 bits per heavy atom. The average molecular weight is 381 g/mol. The number of nitrogens with zero attached hydrogens (tertiary/aromatic N) is 3. The summed E-state index contributed by atoms with van der Waals surface area (Å²) >= 11 is 1.74. The molecule has 2 fully saturated rings. The third-order valence-electron chi connectivity index (χ3n) is 4.98. The van der Waals surface area contributed by atoms with Crippen molar-refractivity contribution in [1.29, 1.82) is 0 Å². The summed E-state index contributed by atoms with van der Waals surface area (Å²) < 4.78 is 19.1. The number of morpholine rings is 1. The van der Waals surface area contributed by atoms with E-state index in [9.17, 15) is 4.39 Å². The van der Waals surface area contributed by atoms with Crippen molar-refractivity contribution < 1.29 is 9.13 Å². The lowest BCUT2D eigenvalue weighted by Crippen LogP contribution is -2.47. The molecule has 0 aromatic heterocycles. The maximum Gasteiger partial charge on any atom is 0.193 e. The monoisotopic (exact) mass is 380 g/mol. The molecule has 1 aromatic carbocycles. The minimum Gasteiger partial charge on any atom is -0.379 e. The fraction of sp³-hybridized carbons (Fsp3) is 0.632. The second kappa shape index (κ2) is 10.1. The standard InChI is InChI=1S/C19H29FN4OS/c1-21-19(22-7-13-26-15-16-4-2-3-5-18(16)20)24-8-6-17(14-24)23-9-11-25-12-10-23/h2-5,17H,6-15H2,1H3,(H,21,22). The van der Waals surface area contributed by atoms with E-state index in [1.165, 1.54) is 12.5 Å². The molecule has 2 aliphatic rings. The minimum absolute atomic E-state index is 0.116.